The summed E-state index contributed by atoms with van der Waals surface area (Å²) in [6.07, 6.45) is 3.73. The van der Waals surface area contributed by atoms with Crippen molar-refractivity contribution in [1.29, 1.82) is 0 Å². The van der Waals surface area contributed by atoms with Crippen molar-refractivity contribution in [2.75, 3.05) is 26.8 Å². The third-order valence-corrected chi connectivity index (χ3v) is 3.05. The minimum absolute atomic E-state index is 0.206. The van der Waals surface area contributed by atoms with Gasteiger partial charge in [0.1, 0.15) is 0 Å². The molecule has 0 amide bonds. The fourth-order valence-corrected chi connectivity index (χ4v) is 2.23. The number of rotatable bonds is 5. The van der Waals surface area contributed by atoms with Crippen molar-refractivity contribution in [3.63, 3.8) is 0 Å². The largest absolute Gasteiger partial charge is 0.383 e. The summed E-state index contributed by atoms with van der Waals surface area (Å²) in [4.78, 5) is 0. The van der Waals surface area contributed by atoms with E-state index in [1.54, 1.807) is 7.11 Å². The van der Waals surface area contributed by atoms with E-state index in [2.05, 4.69) is 12.2 Å². The Balaban J connectivity index is 2.32. The Hall–Kier alpha value is -0.120. The lowest BCUT2D eigenvalue weighted by Gasteiger charge is -2.29. The summed E-state index contributed by atoms with van der Waals surface area (Å²) >= 11 is 0. The van der Waals surface area contributed by atoms with Crippen molar-refractivity contribution in [2.45, 2.75) is 31.7 Å². The molecule has 78 valence electrons. The molecule has 0 aliphatic heterocycles. The van der Waals surface area contributed by atoms with Gasteiger partial charge in [0.2, 0.25) is 0 Å². The molecule has 1 saturated carbocycles. The normalized spacial score (nSPS) is 33.9. The third kappa shape index (κ3) is 2.93. The number of methoxy groups -OCH3 is 1. The van der Waals surface area contributed by atoms with Gasteiger partial charge in [-0.05, 0) is 25.2 Å². The van der Waals surface area contributed by atoms with E-state index in [0.29, 0.717) is 0 Å². The predicted octanol–water partition coefficient (Wildman–Crippen LogP) is 0.740. The summed E-state index contributed by atoms with van der Waals surface area (Å²) in [5, 5.41) is 3.53. The summed E-state index contributed by atoms with van der Waals surface area (Å²) in [5.41, 5.74) is 6.02. The summed E-state index contributed by atoms with van der Waals surface area (Å²) < 4.78 is 5.01. The van der Waals surface area contributed by atoms with Crippen LogP contribution in [0.2, 0.25) is 0 Å². The molecule has 0 aromatic heterocycles. The molecule has 0 bridgehead atoms. The summed E-state index contributed by atoms with van der Waals surface area (Å²) in [7, 11) is 1.73. The molecule has 0 heterocycles. The zero-order chi connectivity index (χ0) is 9.73. The summed E-state index contributed by atoms with van der Waals surface area (Å²) in [5.74, 6) is 0.818. The lowest BCUT2D eigenvalue weighted by atomic mass is 9.96. The van der Waals surface area contributed by atoms with Gasteiger partial charge >= 0.3 is 0 Å². The van der Waals surface area contributed by atoms with Crippen LogP contribution >= 0.6 is 0 Å². The van der Waals surface area contributed by atoms with Gasteiger partial charge in [0, 0.05) is 25.7 Å². The molecule has 13 heavy (non-hydrogen) atoms. The number of nitrogens with one attached hydrogen (secondary N) is 1. The first-order valence-corrected chi connectivity index (χ1v) is 5.16. The maximum Gasteiger partial charge on any atom is 0.0587 e. The average molecular weight is 186 g/mol. The van der Waals surface area contributed by atoms with E-state index in [9.17, 15) is 0 Å². The van der Waals surface area contributed by atoms with Gasteiger partial charge < -0.3 is 15.8 Å². The molecule has 3 nitrogen and oxygen atoms in total. The first kappa shape index (κ1) is 11.0. The van der Waals surface area contributed by atoms with Crippen LogP contribution in [0.4, 0.5) is 0 Å². The Morgan fingerprint density at radius 2 is 2.38 bits per heavy atom. The average Bonchev–Trinajstić information content (AvgIpc) is 2.49. The quantitative estimate of drug-likeness (QED) is 0.623. The van der Waals surface area contributed by atoms with Gasteiger partial charge in [0.25, 0.3) is 0 Å². The zero-order valence-corrected chi connectivity index (χ0v) is 8.81. The zero-order valence-electron chi connectivity index (χ0n) is 8.81. The minimum atomic E-state index is 0.206. The van der Waals surface area contributed by atoms with E-state index in [-0.39, 0.29) is 5.54 Å². The molecule has 1 aliphatic carbocycles. The Kier molecular flexibility index (Phi) is 4.16. The molecular formula is C10H22N2O. The lowest BCUT2D eigenvalue weighted by Crippen LogP contribution is -2.50. The van der Waals surface area contributed by atoms with E-state index in [4.69, 9.17) is 10.5 Å². The maximum absolute atomic E-state index is 5.81. The van der Waals surface area contributed by atoms with Crippen LogP contribution in [-0.2, 0) is 4.74 Å². The van der Waals surface area contributed by atoms with Gasteiger partial charge in [-0.15, -0.1) is 0 Å². The van der Waals surface area contributed by atoms with E-state index in [0.717, 1.165) is 25.6 Å². The molecule has 1 rings (SSSR count). The molecular weight excluding hydrogens is 164 g/mol. The molecule has 3 heteroatoms. The van der Waals surface area contributed by atoms with Crippen molar-refractivity contribution in [1.82, 2.24) is 5.32 Å². The fraction of sp³-hybridized carbons (Fsp3) is 1.00. The lowest BCUT2D eigenvalue weighted by molar-refractivity contribution is 0.184. The van der Waals surface area contributed by atoms with Crippen molar-refractivity contribution in [2.24, 2.45) is 11.7 Å². The molecule has 2 unspecified atom stereocenters. The second-order valence-electron chi connectivity index (χ2n) is 4.25. The van der Waals surface area contributed by atoms with Gasteiger partial charge in [-0.2, -0.15) is 0 Å². The maximum atomic E-state index is 5.81. The molecule has 0 spiro atoms. The first-order valence-electron chi connectivity index (χ1n) is 5.16. The number of nitrogens with two attached hydrogens (primary N) is 1. The highest BCUT2D eigenvalue weighted by atomic mass is 16.5. The van der Waals surface area contributed by atoms with Crippen LogP contribution in [0.3, 0.4) is 0 Å². The highest BCUT2D eigenvalue weighted by molar-refractivity contribution is 4.95. The minimum Gasteiger partial charge on any atom is -0.383 e. The molecule has 3 N–H and O–H groups in total. The summed E-state index contributed by atoms with van der Waals surface area (Å²) in [6.45, 7) is 4.74. The fourth-order valence-electron chi connectivity index (χ4n) is 2.23. The van der Waals surface area contributed by atoms with Gasteiger partial charge in [-0.25, -0.2) is 0 Å². The Morgan fingerprint density at radius 1 is 1.62 bits per heavy atom. The first-order chi connectivity index (χ1) is 6.22. The number of ether oxygens (including phenoxy) is 1. The van der Waals surface area contributed by atoms with Gasteiger partial charge in [-0.1, -0.05) is 6.92 Å². The second kappa shape index (κ2) is 4.94. The standard InChI is InChI=1S/C10H22N2O/c1-9-3-4-10(7-9,8-11)12-5-6-13-2/h9,12H,3-8,11H2,1-2H3. The Bertz CT molecular complexity index is 152. The van der Waals surface area contributed by atoms with Crippen molar-refractivity contribution in [3.05, 3.63) is 0 Å². The van der Waals surface area contributed by atoms with Gasteiger partial charge in [0.05, 0.1) is 6.61 Å². The monoisotopic (exact) mass is 186 g/mol. The van der Waals surface area contributed by atoms with Gasteiger partial charge in [0.15, 0.2) is 0 Å². The van der Waals surface area contributed by atoms with E-state index < -0.39 is 0 Å². The van der Waals surface area contributed by atoms with Gasteiger partial charge in [-0.3, -0.25) is 0 Å². The third-order valence-electron chi connectivity index (χ3n) is 3.05. The molecule has 0 aromatic carbocycles. The van der Waals surface area contributed by atoms with E-state index in [1.807, 2.05) is 0 Å². The molecule has 0 aromatic rings. The Morgan fingerprint density at radius 3 is 2.85 bits per heavy atom. The summed E-state index contributed by atoms with van der Waals surface area (Å²) in [6, 6.07) is 0. The Labute approximate surface area is 81.0 Å². The van der Waals surface area contributed by atoms with E-state index >= 15 is 0 Å². The van der Waals surface area contributed by atoms with Crippen molar-refractivity contribution < 1.29 is 4.74 Å². The van der Waals surface area contributed by atoms with Crippen LogP contribution in [0.15, 0.2) is 0 Å². The predicted molar refractivity (Wildman–Crippen MR) is 54.7 cm³/mol. The molecule has 0 radical (unpaired) electrons. The van der Waals surface area contributed by atoms with Crippen LogP contribution in [-0.4, -0.2) is 32.3 Å². The van der Waals surface area contributed by atoms with Crippen molar-refractivity contribution >= 4 is 0 Å². The van der Waals surface area contributed by atoms with Crippen LogP contribution in [0.1, 0.15) is 26.2 Å². The van der Waals surface area contributed by atoms with E-state index in [1.165, 1.54) is 19.3 Å². The highest BCUT2D eigenvalue weighted by Crippen LogP contribution is 2.33. The van der Waals surface area contributed by atoms with Crippen molar-refractivity contribution in [3.8, 4) is 0 Å². The molecule has 0 saturated heterocycles. The molecule has 2 atom stereocenters. The van der Waals surface area contributed by atoms with Crippen LogP contribution in [0, 0.1) is 5.92 Å². The molecule has 1 aliphatic rings. The molecule has 1 fully saturated rings. The smallest absolute Gasteiger partial charge is 0.0587 e. The van der Waals surface area contributed by atoms with Crippen LogP contribution in [0.25, 0.3) is 0 Å². The van der Waals surface area contributed by atoms with Crippen LogP contribution in [0.5, 0.6) is 0 Å². The number of hydrogen-bond donors (Lipinski definition) is 2. The number of hydrogen-bond acceptors (Lipinski definition) is 3. The SMILES string of the molecule is COCCNC1(CN)CCC(C)C1. The van der Waals surface area contributed by atoms with Crippen LogP contribution < -0.4 is 11.1 Å². The second-order valence-corrected chi connectivity index (χ2v) is 4.25. The topological polar surface area (TPSA) is 47.3 Å². The highest BCUT2D eigenvalue weighted by Gasteiger charge is 2.35.